The number of carbonyl (C=O) groups is 2. The van der Waals surface area contributed by atoms with Crippen LogP contribution >= 0.6 is 0 Å². The number of fused-ring (bicyclic) bond motifs is 1. The fourth-order valence-electron chi connectivity index (χ4n) is 2.04. The Morgan fingerprint density at radius 3 is 2.82 bits per heavy atom. The number of H-pyrrole nitrogens is 1. The summed E-state index contributed by atoms with van der Waals surface area (Å²) in [7, 11) is 0. The third-order valence-corrected chi connectivity index (χ3v) is 3.16. The van der Waals surface area contributed by atoms with Gasteiger partial charge in [-0.05, 0) is 12.5 Å². The van der Waals surface area contributed by atoms with Crippen LogP contribution in [0.4, 0.5) is 0 Å². The van der Waals surface area contributed by atoms with Crippen LogP contribution in [0.25, 0.3) is 10.9 Å². The van der Waals surface area contributed by atoms with Crippen molar-refractivity contribution in [2.24, 2.45) is 0 Å². The Morgan fingerprint density at radius 2 is 2.05 bits per heavy atom. The minimum atomic E-state index is -0.687. The molecule has 0 aliphatic carbocycles. The first-order chi connectivity index (χ1) is 10.6. The number of hydrogen-bond donors (Lipinski definition) is 2. The molecule has 0 saturated carbocycles. The second-order valence-electron chi connectivity index (χ2n) is 4.87. The van der Waals surface area contributed by atoms with Crippen LogP contribution in [0.5, 0.6) is 0 Å². The number of unbranched alkanes of at least 4 members (excludes halogenated alkanes) is 1. The first-order valence-electron chi connectivity index (χ1n) is 7.17. The lowest BCUT2D eigenvalue weighted by atomic mass is 10.1. The molecule has 6 nitrogen and oxygen atoms in total. The largest absolute Gasteiger partial charge is 0.452 e. The fourth-order valence-corrected chi connectivity index (χ4v) is 2.04. The van der Waals surface area contributed by atoms with Crippen LogP contribution in [0.15, 0.2) is 35.1 Å². The molecular formula is C16H18N2O4. The van der Waals surface area contributed by atoms with E-state index >= 15 is 0 Å². The highest BCUT2D eigenvalue weighted by molar-refractivity contribution is 6.03. The Bertz CT molecular complexity index is 736. The molecule has 0 atom stereocenters. The van der Waals surface area contributed by atoms with Crippen molar-refractivity contribution in [2.75, 3.05) is 13.2 Å². The number of esters is 1. The topological polar surface area (TPSA) is 88.3 Å². The molecule has 6 heteroatoms. The Morgan fingerprint density at radius 1 is 1.27 bits per heavy atom. The predicted molar refractivity (Wildman–Crippen MR) is 82.8 cm³/mol. The van der Waals surface area contributed by atoms with Crippen molar-refractivity contribution in [3.05, 3.63) is 46.2 Å². The Hall–Kier alpha value is -2.63. The molecule has 0 saturated heterocycles. The molecule has 0 aliphatic rings. The highest BCUT2D eigenvalue weighted by Crippen LogP contribution is 2.15. The molecular weight excluding hydrogens is 284 g/mol. The maximum atomic E-state index is 12.1. The maximum Gasteiger partial charge on any atom is 0.339 e. The summed E-state index contributed by atoms with van der Waals surface area (Å²) in [5.41, 5.74) is 0.313. The molecule has 22 heavy (non-hydrogen) atoms. The van der Waals surface area contributed by atoms with Gasteiger partial charge in [0, 0.05) is 23.5 Å². The van der Waals surface area contributed by atoms with Gasteiger partial charge < -0.3 is 15.0 Å². The van der Waals surface area contributed by atoms with Gasteiger partial charge in [-0.25, -0.2) is 4.79 Å². The number of amides is 1. The number of aromatic amines is 1. The smallest absolute Gasteiger partial charge is 0.339 e. The van der Waals surface area contributed by atoms with Crippen LogP contribution in [-0.2, 0) is 9.53 Å². The number of pyridine rings is 1. The van der Waals surface area contributed by atoms with Crippen molar-refractivity contribution in [1.29, 1.82) is 0 Å². The van der Waals surface area contributed by atoms with Crippen LogP contribution in [0.2, 0.25) is 0 Å². The van der Waals surface area contributed by atoms with Gasteiger partial charge in [0.15, 0.2) is 6.61 Å². The molecule has 0 aliphatic heterocycles. The van der Waals surface area contributed by atoms with Gasteiger partial charge in [-0.15, -0.1) is 0 Å². The first kappa shape index (κ1) is 15.8. The van der Waals surface area contributed by atoms with Crippen LogP contribution in [-0.4, -0.2) is 30.0 Å². The quantitative estimate of drug-likeness (QED) is 0.626. The number of para-hydroxylation sites is 1. The second kappa shape index (κ2) is 7.40. The molecule has 0 unspecified atom stereocenters. The summed E-state index contributed by atoms with van der Waals surface area (Å²) >= 11 is 0. The van der Waals surface area contributed by atoms with E-state index in [2.05, 4.69) is 10.3 Å². The van der Waals surface area contributed by atoms with E-state index in [1.165, 1.54) is 6.07 Å². The number of nitrogens with one attached hydrogen (secondary N) is 2. The molecule has 1 aromatic carbocycles. The van der Waals surface area contributed by atoms with Crippen molar-refractivity contribution < 1.29 is 14.3 Å². The van der Waals surface area contributed by atoms with Gasteiger partial charge in [-0.2, -0.15) is 0 Å². The monoisotopic (exact) mass is 302 g/mol. The number of aromatic nitrogens is 1. The lowest BCUT2D eigenvalue weighted by molar-refractivity contribution is -0.124. The summed E-state index contributed by atoms with van der Waals surface area (Å²) in [6.07, 6.45) is 1.84. The van der Waals surface area contributed by atoms with Crippen LogP contribution < -0.4 is 10.9 Å². The van der Waals surface area contributed by atoms with E-state index in [0.717, 1.165) is 12.8 Å². The number of hydrogen-bond acceptors (Lipinski definition) is 4. The van der Waals surface area contributed by atoms with E-state index in [1.54, 1.807) is 24.3 Å². The summed E-state index contributed by atoms with van der Waals surface area (Å²) in [5.74, 6) is -1.04. The number of ether oxygens (including phenoxy) is 1. The van der Waals surface area contributed by atoms with Crippen LogP contribution in [0.1, 0.15) is 30.1 Å². The van der Waals surface area contributed by atoms with Gasteiger partial charge in [-0.3, -0.25) is 9.59 Å². The molecule has 2 aromatic rings. The average molecular weight is 302 g/mol. The summed E-state index contributed by atoms with van der Waals surface area (Å²) < 4.78 is 4.98. The van der Waals surface area contributed by atoms with Gasteiger partial charge >= 0.3 is 5.97 Å². The summed E-state index contributed by atoms with van der Waals surface area (Å²) in [4.78, 5) is 37.8. The van der Waals surface area contributed by atoms with Crippen LogP contribution in [0.3, 0.4) is 0 Å². The van der Waals surface area contributed by atoms with Crippen LogP contribution in [0, 0.1) is 0 Å². The summed E-state index contributed by atoms with van der Waals surface area (Å²) in [6.45, 7) is 2.22. The van der Waals surface area contributed by atoms with Gasteiger partial charge in [0.1, 0.15) is 0 Å². The van der Waals surface area contributed by atoms with Crippen molar-refractivity contribution >= 4 is 22.8 Å². The van der Waals surface area contributed by atoms with E-state index in [-0.39, 0.29) is 18.1 Å². The SMILES string of the molecule is CCCCNC(=O)COC(=O)c1cc(=O)[nH]c2ccccc12. The van der Waals surface area contributed by atoms with Crippen molar-refractivity contribution in [1.82, 2.24) is 10.3 Å². The first-order valence-corrected chi connectivity index (χ1v) is 7.17. The van der Waals surface area contributed by atoms with E-state index in [0.29, 0.717) is 17.4 Å². The van der Waals surface area contributed by atoms with E-state index in [9.17, 15) is 14.4 Å². The number of rotatable bonds is 6. The highest BCUT2D eigenvalue weighted by atomic mass is 16.5. The van der Waals surface area contributed by atoms with Gasteiger partial charge in [0.2, 0.25) is 5.56 Å². The molecule has 0 spiro atoms. The Kier molecular flexibility index (Phi) is 5.30. The lowest BCUT2D eigenvalue weighted by Gasteiger charge is -2.07. The molecule has 2 rings (SSSR count). The molecule has 2 N–H and O–H groups in total. The van der Waals surface area contributed by atoms with Crippen molar-refractivity contribution in [2.45, 2.75) is 19.8 Å². The average Bonchev–Trinajstić information content (AvgIpc) is 2.52. The summed E-state index contributed by atoms with van der Waals surface area (Å²) in [5, 5.41) is 3.24. The fraction of sp³-hybridized carbons (Fsp3) is 0.312. The third-order valence-electron chi connectivity index (χ3n) is 3.16. The molecule has 116 valence electrons. The van der Waals surface area contributed by atoms with Crippen molar-refractivity contribution in [3.8, 4) is 0 Å². The third kappa shape index (κ3) is 3.94. The van der Waals surface area contributed by atoms with Crippen molar-refractivity contribution in [3.63, 3.8) is 0 Å². The summed E-state index contributed by atoms with van der Waals surface area (Å²) in [6, 6.07) is 8.11. The zero-order chi connectivity index (χ0) is 15.9. The minimum Gasteiger partial charge on any atom is -0.452 e. The molecule has 1 aromatic heterocycles. The lowest BCUT2D eigenvalue weighted by Crippen LogP contribution is -2.29. The maximum absolute atomic E-state index is 12.1. The number of benzene rings is 1. The second-order valence-corrected chi connectivity index (χ2v) is 4.87. The Balaban J connectivity index is 2.07. The van der Waals surface area contributed by atoms with E-state index in [1.807, 2.05) is 6.92 Å². The van der Waals surface area contributed by atoms with Gasteiger partial charge in [0.25, 0.3) is 5.91 Å². The molecule has 0 fully saturated rings. The predicted octanol–water partition coefficient (Wildman–Crippen LogP) is 1.60. The Labute approximate surface area is 127 Å². The van der Waals surface area contributed by atoms with E-state index < -0.39 is 11.5 Å². The molecule has 1 heterocycles. The van der Waals surface area contributed by atoms with E-state index in [4.69, 9.17) is 4.74 Å². The minimum absolute atomic E-state index is 0.153. The normalized spacial score (nSPS) is 10.4. The van der Waals surface area contributed by atoms with Gasteiger partial charge in [0.05, 0.1) is 5.56 Å². The number of carbonyl (C=O) groups excluding carboxylic acids is 2. The zero-order valence-electron chi connectivity index (χ0n) is 12.3. The zero-order valence-corrected chi connectivity index (χ0v) is 12.3. The highest BCUT2D eigenvalue weighted by Gasteiger charge is 2.14. The molecule has 0 bridgehead atoms. The standard InChI is InChI=1S/C16H18N2O4/c1-2-3-8-17-15(20)10-22-16(21)12-9-14(19)18-13-7-5-4-6-11(12)13/h4-7,9H,2-3,8,10H2,1H3,(H,17,20)(H,18,19). The molecule has 0 radical (unpaired) electrons. The molecule has 1 amide bonds. The van der Waals surface area contributed by atoms with Gasteiger partial charge in [-0.1, -0.05) is 31.5 Å².